The van der Waals surface area contributed by atoms with E-state index in [1.807, 2.05) is 11.6 Å². The van der Waals surface area contributed by atoms with Crippen molar-refractivity contribution in [3.63, 3.8) is 0 Å². The van der Waals surface area contributed by atoms with Gasteiger partial charge in [0, 0.05) is 19.0 Å². The van der Waals surface area contributed by atoms with Crippen LogP contribution in [-0.4, -0.2) is 19.1 Å². The molecule has 98 valence electrons. The van der Waals surface area contributed by atoms with Gasteiger partial charge >= 0.3 is 0 Å². The van der Waals surface area contributed by atoms with E-state index in [1.54, 1.807) is 12.5 Å². The Morgan fingerprint density at radius 3 is 2.28 bits per heavy atom. The summed E-state index contributed by atoms with van der Waals surface area (Å²) in [5, 5.41) is 0. The molecule has 0 saturated heterocycles. The summed E-state index contributed by atoms with van der Waals surface area (Å²) < 4.78 is 4.04. The molecule has 0 aliphatic heterocycles. The van der Waals surface area contributed by atoms with Gasteiger partial charge in [-0.2, -0.15) is 0 Å². The number of aromatic nitrogens is 4. The van der Waals surface area contributed by atoms with E-state index in [9.17, 15) is 0 Å². The van der Waals surface area contributed by atoms with Gasteiger partial charge in [0.15, 0.2) is 0 Å². The minimum atomic E-state index is 0.303. The summed E-state index contributed by atoms with van der Waals surface area (Å²) in [6, 6.07) is 0.303. The zero-order valence-corrected chi connectivity index (χ0v) is 11.7. The lowest BCUT2D eigenvalue weighted by molar-refractivity contribution is 0.556. The van der Waals surface area contributed by atoms with Crippen LogP contribution in [0.2, 0.25) is 0 Å². The summed E-state index contributed by atoms with van der Waals surface area (Å²) in [5.74, 6) is 2.09. The van der Waals surface area contributed by atoms with Crippen molar-refractivity contribution in [2.24, 2.45) is 7.05 Å². The van der Waals surface area contributed by atoms with Crippen LogP contribution >= 0.6 is 0 Å². The first-order chi connectivity index (χ1) is 8.43. The number of hydrogen-bond acceptors (Lipinski definition) is 3. The Morgan fingerprint density at radius 1 is 1.22 bits per heavy atom. The molecule has 2 aromatic heterocycles. The quantitative estimate of drug-likeness (QED) is 0.906. The Kier molecular flexibility index (Phi) is 3.15. The zero-order valence-electron chi connectivity index (χ0n) is 11.7. The Hall–Kier alpha value is -1.78. The molecule has 2 N–H and O–H groups in total. The highest BCUT2D eigenvalue weighted by Crippen LogP contribution is 2.31. The lowest BCUT2D eigenvalue weighted by Crippen LogP contribution is -2.10. The highest BCUT2D eigenvalue weighted by Gasteiger charge is 2.21. The molecule has 0 aromatic carbocycles. The Labute approximate surface area is 108 Å². The third-order valence-electron chi connectivity index (χ3n) is 3.07. The number of rotatable bonds is 3. The van der Waals surface area contributed by atoms with Crippen LogP contribution in [0, 0.1) is 0 Å². The van der Waals surface area contributed by atoms with Gasteiger partial charge in [0.2, 0.25) is 0 Å². The van der Waals surface area contributed by atoms with Crippen molar-refractivity contribution in [2.45, 2.75) is 39.7 Å². The third kappa shape index (κ3) is 1.89. The highest BCUT2D eigenvalue weighted by atomic mass is 15.2. The molecule has 2 heterocycles. The molecule has 18 heavy (non-hydrogen) atoms. The van der Waals surface area contributed by atoms with Crippen LogP contribution in [0.3, 0.4) is 0 Å². The van der Waals surface area contributed by atoms with E-state index >= 15 is 0 Å². The van der Waals surface area contributed by atoms with Gasteiger partial charge in [-0.1, -0.05) is 13.8 Å². The normalized spacial score (nSPS) is 11.7. The number of nitrogens with two attached hydrogens (primary N) is 1. The second-order valence-corrected chi connectivity index (χ2v) is 5.21. The molecule has 0 aliphatic rings. The van der Waals surface area contributed by atoms with Gasteiger partial charge in [0.25, 0.3) is 0 Å². The van der Waals surface area contributed by atoms with Crippen LogP contribution in [0.4, 0.5) is 5.82 Å². The Morgan fingerprint density at radius 2 is 1.89 bits per heavy atom. The molecule has 0 aliphatic carbocycles. The molecule has 0 saturated carbocycles. The van der Waals surface area contributed by atoms with Crippen LogP contribution in [0.1, 0.15) is 45.5 Å². The highest BCUT2D eigenvalue weighted by molar-refractivity contribution is 5.68. The molecule has 0 unspecified atom stereocenters. The van der Waals surface area contributed by atoms with Gasteiger partial charge in [-0.05, 0) is 13.8 Å². The second-order valence-electron chi connectivity index (χ2n) is 5.21. The summed E-state index contributed by atoms with van der Waals surface area (Å²) in [7, 11) is 1.95. The summed E-state index contributed by atoms with van der Waals surface area (Å²) in [6.45, 7) is 8.51. The van der Waals surface area contributed by atoms with Crippen LogP contribution in [-0.2, 0) is 7.05 Å². The molecule has 0 atom stereocenters. The first-order valence-electron chi connectivity index (χ1n) is 6.27. The van der Waals surface area contributed by atoms with E-state index in [-0.39, 0.29) is 0 Å². The molecule has 0 bridgehead atoms. The van der Waals surface area contributed by atoms with E-state index in [0.717, 1.165) is 23.0 Å². The first-order valence-corrected chi connectivity index (χ1v) is 6.27. The molecular formula is C13H21N5. The maximum Gasteiger partial charge on any atom is 0.133 e. The van der Waals surface area contributed by atoms with Crippen molar-refractivity contribution in [3.8, 4) is 11.4 Å². The average Bonchev–Trinajstić information content (AvgIpc) is 2.81. The average molecular weight is 247 g/mol. The zero-order chi connectivity index (χ0) is 13.4. The molecule has 2 aromatic rings. The first kappa shape index (κ1) is 12.7. The Bertz CT molecular complexity index is 548. The third-order valence-corrected chi connectivity index (χ3v) is 3.07. The smallest absolute Gasteiger partial charge is 0.133 e. The number of nitrogen functional groups attached to an aromatic ring is 1. The molecular weight excluding hydrogens is 226 g/mol. The van der Waals surface area contributed by atoms with Crippen molar-refractivity contribution in [2.75, 3.05) is 5.73 Å². The fraction of sp³-hybridized carbons (Fsp3) is 0.538. The summed E-state index contributed by atoms with van der Waals surface area (Å²) in [4.78, 5) is 8.84. The molecule has 0 spiro atoms. The van der Waals surface area contributed by atoms with E-state index in [0.29, 0.717) is 12.0 Å². The van der Waals surface area contributed by atoms with Gasteiger partial charge in [-0.15, -0.1) is 0 Å². The molecule has 5 nitrogen and oxygen atoms in total. The van der Waals surface area contributed by atoms with Crippen LogP contribution in [0.15, 0.2) is 12.5 Å². The van der Waals surface area contributed by atoms with Crippen LogP contribution in [0.25, 0.3) is 11.4 Å². The van der Waals surface area contributed by atoms with Gasteiger partial charge in [-0.3, -0.25) is 0 Å². The van der Waals surface area contributed by atoms with Crippen molar-refractivity contribution >= 4 is 5.82 Å². The van der Waals surface area contributed by atoms with Gasteiger partial charge in [-0.25, -0.2) is 9.97 Å². The largest absolute Gasteiger partial charge is 0.383 e. The predicted molar refractivity (Wildman–Crippen MR) is 73.3 cm³/mol. The summed E-state index contributed by atoms with van der Waals surface area (Å²) in [5.41, 5.74) is 8.04. The van der Waals surface area contributed by atoms with E-state index < -0.39 is 0 Å². The molecule has 0 amide bonds. The maximum absolute atomic E-state index is 6.26. The monoisotopic (exact) mass is 247 g/mol. The van der Waals surface area contributed by atoms with Crippen LogP contribution in [0.5, 0.6) is 0 Å². The minimum Gasteiger partial charge on any atom is -0.383 e. The topological polar surface area (TPSA) is 61.7 Å². The van der Waals surface area contributed by atoms with E-state index in [4.69, 9.17) is 10.7 Å². The number of imidazole rings is 2. The number of hydrogen-bond donors (Lipinski definition) is 1. The maximum atomic E-state index is 6.26. The van der Waals surface area contributed by atoms with Crippen molar-refractivity contribution < 1.29 is 0 Å². The standard InChI is InChI=1S/C13H21N5/c1-8(2)13-16-11(10-6-15-7-17(10)5)12(14)18(13)9(3)4/h6-9H,14H2,1-5H3. The summed E-state index contributed by atoms with van der Waals surface area (Å²) in [6.07, 6.45) is 3.56. The molecule has 0 radical (unpaired) electrons. The number of aryl methyl sites for hydroxylation is 1. The lowest BCUT2D eigenvalue weighted by atomic mass is 10.2. The summed E-state index contributed by atoms with van der Waals surface area (Å²) >= 11 is 0. The number of nitrogens with zero attached hydrogens (tertiary/aromatic N) is 4. The van der Waals surface area contributed by atoms with Crippen molar-refractivity contribution in [1.29, 1.82) is 0 Å². The molecule has 5 heteroatoms. The molecule has 0 fully saturated rings. The van der Waals surface area contributed by atoms with E-state index in [2.05, 4.69) is 37.2 Å². The van der Waals surface area contributed by atoms with Crippen molar-refractivity contribution in [1.82, 2.24) is 19.1 Å². The van der Waals surface area contributed by atoms with Gasteiger partial charge in [0.1, 0.15) is 17.3 Å². The predicted octanol–water partition coefficient (Wildman–Crippen LogP) is 2.57. The number of anilines is 1. The molecule has 2 rings (SSSR count). The minimum absolute atomic E-state index is 0.303. The fourth-order valence-electron chi connectivity index (χ4n) is 2.19. The van der Waals surface area contributed by atoms with Crippen molar-refractivity contribution in [3.05, 3.63) is 18.3 Å². The Balaban J connectivity index is 2.64. The fourth-order valence-corrected chi connectivity index (χ4v) is 2.19. The van der Waals surface area contributed by atoms with Gasteiger partial charge in [0.05, 0.1) is 18.2 Å². The SMILES string of the molecule is CC(C)c1nc(-c2cncn2C)c(N)n1C(C)C. The van der Waals surface area contributed by atoms with E-state index in [1.165, 1.54) is 0 Å². The second kappa shape index (κ2) is 4.48. The van der Waals surface area contributed by atoms with Gasteiger partial charge < -0.3 is 14.9 Å². The lowest BCUT2D eigenvalue weighted by Gasteiger charge is -2.15. The van der Waals surface area contributed by atoms with Crippen LogP contribution < -0.4 is 5.73 Å².